The zero-order chi connectivity index (χ0) is 33.4. The molecule has 5 aromatic carbocycles. The average molecular weight is 629 g/mol. The molecule has 1 aliphatic carbocycles. The van der Waals surface area contributed by atoms with Gasteiger partial charge in [-0.3, -0.25) is 9.59 Å². The van der Waals surface area contributed by atoms with E-state index in [4.69, 9.17) is 0 Å². The molecule has 0 amide bonds. The number of ketones is 2. The molecule has 0 aliphatic heterocycles. The van der Waals surface area contributed by atoms with Gasteiger partial charge in [-0.1, -0.05) is 60.7 Å². The summed E-state index contributed by atoms with van der Waals surface area (Å²) in [6.07, 6.45) is 1.33. The molecule has 0 aromatic heterocycles. The predicted molar refractivity (Wildman–Crippen MR) is 173 cm³/mol. The minimum atomic E-state index is -1.18. The van der Waals surface area contributed by atoms with E-state index in [9.17, 15) is 45.3 Å². The Morgan fingerprint density at radius 2 is 1.09 bits per heavy atom. The number of rotatable bonds is 8. The maximum Gasteiger partial charge on any atom is 0.201 e. The third kappa shape index (κ3) is 5.62. The van der Waals surface area contributed by atoms with Gasteiger partial charge in [-0.15, -0.1) is 0 Å². The van der Waals surface area contributed by atoms with E-state index in [2.05, 4.69) is 0 Å². The van der Waals surface area contributed by atoms with Gasteiger partial charge in [0, 0.05) is 22.6 Å². The second kappa shape index (κ2) is 12.1. The van der Waals surface area contributed by atoms with Crippen LogP contribution in [0.5, 0.6) is 28.7 Å². The monoisotopic (exact) mass is 628 g/mol. The topological polar surface area (TPSA) is 176 Å². The second-order valence-electron chi connectivity index (χ2n) is 11.1. The van der Waals surface area contributed by atoms with Gasteiger partial charge in [0.25, 0.3) is 0 Å². The predicted octanol–water partition coefficient (Wildman–Crippen LogP) is 7.01. The number of carbonyl (C=O) groups is 2. The molecule has 0 fully saturated rings. The summed E-state index contributed by atoms with van der Waals surface area (Å²) in [5.74, 6) is -7.74. The first kappa shape index (κ1) is 30.5. The highest BCUT2D eigenvalue weighted by Crippen LogP contribution is 2.50. The second-order valence-corrected chi connectivity index (χ2v) is 11.1. The number of hydrogen-bond donors (Lipinski definition) is 7. The van der Waals surface area contributed by atoms with E-state index in [-0.39, 0.29) is 39.3 Å². The molecule has 234 valence electrons. The smallest absolute Gasteiger partial charge is 0.201 e. The maximum atomic E-state index is 13.5. The van der Waals surface area contributed by atoms with E-state index in [0.29, 0.717) is 5.56 Å². The molecular formula is C38H28O9. The molecule has 0 saturated carbocycles. The number of aliphatic hydroxyl groups is 2. The van der Waals surface area contributed by atoms with Gasteiger partial charge in [0.1, 0.15) is 17.3 Å². The zero-order valence-electron chi connectivity index (χ0n) is 24.6. The fourth-order valence-electron chi connectivity index (χ4n) is 5.78. The summed E-state index contributed by atoms with van der Waals surface area (Å²) < 4.78 is 0. The van der Waals surface area contributed by atoms with Gasteiger partial charge in [-0.25, -0.2) is 0 Å². The van der Waals surface area contributed by atoms with Gasteiger partial charge in [0.05, 0.1) is 17.1 Å². The van der Waals surface area contributed by atoms with Crippen molar-refractivity contribution >= 4 is 11.6 Å². The number of carbonyl (C=O) groups excluding carboxylic acids is 2. The highest BCUT2D eigenvalue weighted by Gasteiger charge is 2.39. The van der Waals surface area contributed by atoms with Crippen LogP contribution in [0, 0.1) is 5.92 Å². The fourth-order valence-corrected chi connectivity index (χ4v) is 5.78. The number of aromatic hydroxyl groups is 5. The lowest BCUT2D eigenvalue weighted by Crippen LogP contribution is -2.15. The van der Waals surface area contributed by atoms with Crippen molar-refractivity contribution in [1.29, 1.82) is 0 Å². The van der Waals surface area contributed by atoms with E-state index < -0.39 is 52.2 Å². The molecular weight excluding hydrogens is 600 g/mol. The largest absolute Gasteiger partial charge is 0.508 e. The van der Waals surface area contributed by atoms with Crippen LogP contribution in [0.2, 0.25) is 0 Å². The molecule has 2 unspecified atom stereocenters. The van der Waals surface area contributed by atoms with Gasteiger partial charge in [0.15, 0.2) is 28.8 Å². The number of phenolic OH excluding ortho intramolecular Hbond substituents is 5. The van der Waals surface area contributed by atoms with Gasteiger partial charge in [-0.2, -0.15) is 0 Å². The quantitative estimate of drug-likeness (QED) is 0.0704. The van der Waals surface area contributed by atoms with E-state index in [0.717, 1.165) is 11.1 Å². The number of allylic oxidation sites excluding steroid dienone is 2. The summed E-state index contributed by atoms with van der Waals surface area (Å²) in [6.45, 7) is 0. The van der Waals surface area contributed by atoms with Crippen LogP contribution in [0.4, 0.5) is 0 Å². The Hall–Kier alpha value is -6.48. The molecule has 5 aromatic rings. The number of Topliss-reactive ketones (excluding diaryl/α,β-unsaturated/α-hetero) is 1. The first-order chi connectivity index (χ1) is 22.5. The number of phenols is 5. The lowest BCUT2D eigenvalue weighted by molar-refractivity contribution is 0.102. The van der Waals surface area contributed by atoms with Gasteiger partial charge < -0.3 is 35.7 Å². The van der Waals surface area contributed by atoms with Crippen molar-refractivity contribution in [2.24, 2.45) is 5.92 Å². The summed E-state index contributed by atoms with van der Waals surface area (Å²) in [5.41, 5.74) is 1.74. The summed E-state index contributed by atoms with van der Waals surface area (Å²) in [6, 6.07) is 28.3. The van der Waals surface area contributed by atoms with Crippen molar-refractivity contribution in [2.75, 3.05) is 0 Å². The molecule has 9 nitrogen and oxygen atoms in total. The first-order valence-corrected chi connectivity index (χ1v) is 14.5. The Morgan fingerprint density at radius 3 is 1.66 bits per heavy atom. The highest BCUT2D eigenvalue weighted by molar-refractivity contribution is 6.12. The van der Waals surface area contributed by atoms with Crippen LogP contribution < -0.4 is 0 Å². The van der Waals surface area contributed by atoms with Crippen LogP contribution in [0.1, 0.15) is 43.3 Å². The van der Waals surface area contributed by atoms with Crippen LogP contribution in [-0.4, -0.2) is 47.3 Å². The Morgan fingerprint density at radius 1 is 0.553 bits per heavy atom. The minimum absolute atomic E-state index is 0.0679. The lowest BCUT2D eigenvalue weighted by Gasteiger charge is -2.26. The van der Waals surface area contributed by atoms with Crippen molar-refractivity contribution in [1.82, 2.24) is 0 Å². The summed E-state index contributed by atoms with van der Waals surface area (Å²) in [7, 11) is 0. The molecule has 6 rings (SSSR count). The Kier molecular flexibility index (Phi) is 7.88. The van der Waals surface area contributed by atoms with E-state index in [1.165, 1.54) is 60.7 Å². The van der Waals surface area contributed by atoms with Crippen molar-refractivity contribution in [3.63, 3.8) is 0 Å². The minimum Gasteiger partial charge on any atom is -0.508 e. The average Bonchev–Trinajstić information content (AvgIpc) is 3.38. The zero-order valence-corrected chi connectivity index (χ0v) is 24.6. The SMILES string of the molecule is O=C(C1=CC(C(c2ccc(-c3ccccc3)cc2)c2cc(C(=O)c3ccc(O)cc3)c(O)c(O)c2O)C(O)=C1O)c1ccc(O)cc1. The summed E-state index contributed by atoms with van der Waals surface area (Å²) in [5, 5.41) is 74.5. The molecule has 47 heavy (non-hydrogen) atoms. The maximum absolute atomic E-state index is 13.5. The van der Waals surface area contributed by atoms with Crippen molar-refractivity contribution in [3.8, 4) is 39.9 Å². The lowest BCUT2D eigenvalue weighted by atomic mass is 9.78. The van der Waals surface area contributed by atoms with Crippen LogP contribution in [0.3, 0.4) is 0 Å². The van der Waals surface area contributed by atoms with Crippen LogP contribution in [-0.2, 0) is 0 Å². The van der Waals surface area contributed by atoms with E-state index >= 15 is 0 Å². The van der Waals surface area contributed by atoms with Crippen molar-refractivity contribution < 1.29 is 45.3 Å². The molecule has 2 atom stereocenters. The van der Waals surface area contributed by atoms with Gasteiger partial charge >= 0.3 is 0 Å². The number of hydrogen-bond acceptors (Lipinski definition) is 9. The van der Waals surface area contributed by atoms with Crippen LogP contribution in [0.25, 0.3) is 11.1 Å². The Bertz CT molecular complexity index is 2060. The van der Waals surface area contributed by atoms with E-state index in [1.807, 2.05) is 30.3 Å². The molecule has 1 aliphatic rings. The first-order valence-electron chi connectivity index (χ1n) is 14.5. The number of aliphatic hydroxyl groups excluding tert-OH is 2. The molecule has 0 saturated heterocycles. The third-order valence-electron chi connectivity index (χ3n) is 8.26. The molecule has 0 spiro atoms. The molecule has 0 heterocycles. The summed E-state index contributed by atoms with van der Waals surface area (Å²) in [4.78, 5) is 26.9. The standard InChI is InChI=1S/C38H28O9/c39-25-14-10-23(11-15-25)32(41)29-18-27(34(43)36(29)45)31(22-8-6-21(7-9-22)20-4-2-1-3-5-20)28-19-30(37(46)38(47)35(28)44)33(42)24-12-16-26(40)17-13-24/h1-19,27,31,39-40,43-47H. The van der Waals surface area contributed by atoms with Crippen molar-refractivity contribution in [3.05, 3.63) is 160 Å². The van der Waals surface area contributed by atoms with Crippen molar-refractivity contribution in [2.45, 2.75) is 5.92 Å². The molecule has 0 radical (unpaired) electrons. The molecule has 0 bridgehead atoms. The number of benzene rings is 5. The third-order valence-corrected chi connectivity index (χ3v) is 8.26. The Labute approximate surface area is 268 Å². The summed E-state index contributed by atoms with van der Waals surface area (Å²) >= 11 is 0. The van der Waals surface area contributed by atoms with Crippen LogP contribution in [0.15, 0.2) is 132 Å². The fraction of sp³-hybridized carbons (Fsp3) is 0.0526. The van der Waals surface area contributed by atoms with Gasteiger partial charge in [-0.05, 0) is 71.3 Å². The molecule has 9 heteroatoms. The van der Waals surface area contributed by atoms with Gasteiger partial charge in [0.2, 0.25) is 5.75 Å². The normalized spacial score (nSPS) is 14.9. The van der Waals surface area contributed by atoms with Crippen LogP contribution >= 0.6 is 0 Å². The Balaban J connectivity index is 1.52. The highest BCUT2D eigenvalue weighted by atomic mass is 16.3. The molecule has 7 N–H and O–H groups in total. The van der Waals surface area contributed by atoms with E-state index in [1.54, 1.807) is 24.3 Å².